The molecule has 1 atom stereocenters. The first-order chi connectivity index (χ1) is 9.61. The summed E-state index contributed by atoms with van der Waals surface area (Å²) in [4.78, 5) is 0. The molecule has 0 fully saturated rings. The molecule has 0 saturated heterocycles. The molecule has 0 aliphatic heterocycles. The largest absolute Gasteiger partial charge is 0.376 e. The molecular formula is C18H31NS. The molecule has 0 heterocycles. The second-order valence-corrected chi connectivity index (χ2v) is 7.30. The van der Waals surface area contributed by atoms with Crippen LogP contribution in [-0.4, -0.2) is 11.1 Å². The number of anilines is 1. The Morgan fingerprint density at radius 3 is 2.30 bits per heavy atom. The second kappa shape index (κ2) is 10.1. The van der Waals surface area contributed by atoms with E-state index in [-0.39, 0.29) is 0 Å². The van der Waals surface area contributed by atoms with Crippen LogP contribution in [0, 0.1) is 13.8 Å². The third-order valence-corrected chi connectivity index (χ3v) is 4.70. The molecule has 114 valence electrons. The normalized spacial score (nSPS) is 12.4. The van der Waals surface area contributed by atoms with Gasteiger partial charge in [0, 0.05) is 10.9 Å². The first-order valence-corrected chi connectivity index (χ1v) is 9.10. The summed E-state index contributed by atoms with van der Waals surface area (Å²) in [6.45, 7) is 8.94. The van der Waals surface area contributed by atoms with Crippen LogP contribution < -0.4 is 5.32 Å². The minimum atomic E-state index is 0.759. The summed E-state index contributed by atoms with van der Waals surface area (Å²) < 4.78 is 0. The van der Waals surface area contributed by atoms with E-state index in [2.05, 4.69) is 51.2 Å². The van der Waals surface area contributed by atoms with Crippen LogP contribution in [0.5, 0.6) is 0 Å². The number of thioether (sulfide) groups is 1. The van der Waals surface area contributed by atoms with Crippen LogP contribution in [0.1, 0.15) is 63.5 Å². The van der Waals surface area contributed by atoms with Crippen LogP contribution in [-0.2, 0) is 0 Å². The van der Waals surface area contributed by atoms with Gasteiger partial charge in [-0.1, -0.05) is 52.0 Å². The zero-order valence-corrected chi connectivity index (χ0v) is 14.5. The maximum atomic E-state index is 3.53. The maximum absolute atomic E-state index is 3.53. The topological polar surface area (TPSA) is 12.0 Å². The van der Waals surface area contributed by atoms with Gasteiger partial charge in [-0.2, -0.15) is 0 Å². The molecule has 1 aromatic rings. The molecule has 1 nitrogen and oxygen atoms in total. The summed E-state index contributed by atoms with van der Waals surface area (Å²) in [7, 11) is 0. The number of rotatable bonds is 10. The van der Waals surface area contributed by atoms with Gasteiger partial charge in [0.25, 0.3) is 0 Å². The van der Waals surface area contributed by atoms with Crippen molar-refractivity contribution in [2.45, 2.75) is 71.5 Å². The Bertz CT molecular complexity index is 355. The van der Waals surface area contributed by atoms with E-state index in [9.17, 15) is 0 Å². The first kappa shape index (κ1) is 17.4. The lowest BCUT2D eigenvalue weighted by Crippen LogP contribution is -2.04. The highest BCUT2D eigenvalue weighted by Gasteiger charge is 2.02. The molecule has 0 spiro atoms. The fraction of sp³-hybridized carbons (Fsp3) is 0.667. The highest BCUT2D eigenvalue weighted by atomic mass is 32.2. The third kappa shape index (κ3) is 7.84. The average molecular weight is 294 g/mol. The molecule has 0 saturated carbocycles. The van der Waals surface area contributed by atoms with Crippen LogP contribution in [0.4, 0.5) is 5.69 Å². The van der Waals surface area contributed by atoms with E-state index in [1.54, 1.807) is 0 Å². The number of hydrogen-bond donors (Lipinski definition) is 1. The van der Waals surface area contributed by atoms with E-state index in [4.69, 9.17) is 0 Å². The lowest BCUT2D eigenvalue weighted by molar-refractivity contribution is 0.606. The molecule has 0 aromatic heterocycles. The van der Waals surface area contributed by atoms with Crippen molar-refractivity contribution in [3.05, 3.63) is 29.3 Å². The number of aryl methyl sites for hydroxylation is 2. The van der Waals surface area contributed by atoms with Crippen molar-refractivity contribution in [2.24, 2.45) is 0 Å². The fourth-order valence-electron chi connectivity index (χ4n) is 2.46. The summed E-state index contributed by atoms with van der Waals surface area (Å²) in [6.07, 6.45) is 8.29. The molecule has 1 rings (SSSR count). The molecule has 0 bridgehead atoms. The summed E-state index contributed by atoms with van der Waals surface area (Å²) in [5.74, 6) is 1.01. The van der Waals surface area contributed by atoms with Crippen molar-refractivity contribution in [3.8, 4) is 0 Å². The summed E-state index contributed by atoms with van der Waals surface area (Å²) in [5, 5.41) is 4.29. The third-order valence-electron chi connectivity index (χ3n) is 3.58. The van der Waals surface area contributed by atoms with E-state index >= 15 is 0 Å². The number of benzene rings is 1. The maximum Gasteiger partial charge on any atom is 0.0613 e. The first-order valence-electron chi connectivity index (χ1n) is 8.05. The minimum Gasteiger partial charge on any atom is -0.376 e. The molecule has 20 heavy (non-hydrogen) atoms. The lowest BCUT2D eigenvalue weighted by atomic mass is 10.1. The molecule has 0 amide bonds. The van der Waals surface area contributed by atoms with Crippen molar-refractivity contribution in [1.29, 1.82) is 0 Å². The van der Waals surface area contributed by atoms with Gasteiger partial charge in [0.15, 0.2) is 0 Å². The van der Waals surface area contributed by atoms with Crippen molar-refractivity contribution >= 4 is 17.4 Å². The highest BCUT2D eigenvalue weighted by Crippen LogP contribution is 2.20. The Labute approximate surface area is 129 Å². The molecule has 0 unspecified atom stereocenters. The van der Waals surface area contributed by atoms with Gasteiger partial charge in [0.05, 0.1) is 5.88 Å². The van der Waals surface area contributed by atoms with Gasteiger partial charge in [-0.15, -0.1) is 11.8 Å². The molecule has 2 heteroatoms. The van der Waals surface area contributed by atoms with Gasteiger partial charge in [0.1, 0.15) is 0 Å². The quantitative estimate of drug-likeness (QED) is 0.410. The SMILES string of the molecule is CCCCCCC[C@H](C)SCNc1cc(C)cc(C)c1. The van der Waals surface area contributed by atoms with Gasteiger partial charge in [-0.05, 0) is 43.5 Å². The highest BCUT2D eigenvalue weighted by molar-refractivity contribution is 7.99. The van der Waals surface area contributed by atoms with Gasteiger partial charge < -0.3 is 5.32 Å². The standard InChI is InChI=1S/C18H31NS/c1-5-6-7-8-9-10-17(4)20-14-19-18-12-15(2)11-16(3)13-18/h11-13,17,19H,5-10,14H2,1-4H3/t17-/m0/s1. The smallest absolute Gasteiger partial charge is 0.0613 e. The van der Waals surface area contributed by atoms with Crippen LogP contribution in [0.2, 0.25) is 0 Å². The van der Waals surface area contributed by atoms with Crippen molar-refractivity contribution in [2.75, 3.05) is 11.2 Å². The van der Waals surface area contributed by atoms with Gasteiger partial charge in [-0.3, -0.25) is 0 Å². The van der Waals surface area contributed by atoms with E-state index in [0.717, 1.165) is 11.1 Å². The predicted octanol–water partition coefficient (Wildman–Crippen LogP) is 6.16. The van der Waals surface area contributed by atoms with Gasteiger partial charge in [-0.25, -0.2) is 0 Å². The van der Waals surface area contributed by atoms with Crippen molar-refractivity contribution < 1.29 is 0 Å². The Balaban J connectivity index is 2.13. The van der Waals surface area contributed by atoms with Crippen LogP contribution in [0.3, 0.4) is 0 Å². The number of hydrogen-bond acceptors (Lipinski definition) is 2. The summed E-state index contributed by atoms with van der Waals surface area (Å²) in [6, 6.07) is 6.67. The van der Waals surface area contributed by atoms with Crippen LogP contribution in [0.15, 0.2) is 18.2 Å². The van der Waals surface area contributed by atoms with E-state index in [0.29, 0.717) is 0 Å². The molecule has 0 aliphatic rings. The minimum absolute atomic E-state index is 0.759. The van der Waals surface area contributed by atoms with Gasteiger partial charge in [0.2, 0.25) is 0 Å². The Morgan fingerprint density at radius 2 is 1.65 bits per heavy atom. The Hall–Kier alpha value is -0.630. The second-order valence-electron chi connectivity index (χ2n) is 5.88. The van der Waals surface area contributed by atoms with E-state index < -0.39 is 0 Å². The molecule has 1 N–H and O–H groups in total. The summed E-state index contributed by atoms with van der Waals surface area (Å²) >= 11 is 2.04. The van der Waals surface area contributed by atoms with E-state index in [1.807, 2.05) is 11.8 Å². The fourth-order valence-corrected chi connectivity index (χ4v) is 3.33. The lowest BCUT2D eigenvalue weighted by Gasteiger charge is -2.13. The summed E-state index contributed by atoms with van der Waals surface area (Å²) in [5.41, 5.74) is 3.92. The molecular weight excluding hydrogens is 262 g/mol. The number of unbranched alkanes of at least 4 members (excludes halogenated alkanes) is 4. The van der Waals surface area contributed by atoms with Crippen LogP contribution in [0.25, 0.3) is 0 Å². The van der Waals surface area contributed by atoms with Gasteiger partial charge >= 0.3 is 0 Å². The molecule has 0 radical (unpaired) electrons. The zero-order chi connectivity index (χ0) is 14.8. The number of nitrogens with one attached hydrogen (secondary N) is 1. The zero-order valence-electron chi connectivity index (χ0n) is 13.7. The molecule has 1 aromatic carbocycles. The van der Waals surface area contributed by atoms with Crippen molar-refractivity contribution in [3.63, 3.8) is 0 Å². The Morgan fingerprint density at radius 1 is 1.00 bits per heavy atom. The Kier molecular flexibility index (Phi) is 8.84. The average Bonchev–Trinajstić information content (AvgIpc) is 2.37. The van der Waals surface area contributed by atoms with Crippen LogP contribution >= 0.6 is 11.8 Å². The monoisotopic (exact) mass is 293 g/mol. The molecule has 0 aliphatic carbocycles. The van der Waals surface area contributed by atoms with E-state index in [1.165, 1.54) is 55.3 Å². The predicted molar refractivity (Wildman–Crippen MR) is 94.8 cm³/mol. The van der Waals surface area contributed by atoms with Crippen molar-refractivity contribution in [1.82, 2.24) is 0 Å².